The molecular weight excluding hydrogens is 1260 g/mol. The van der Waals surface area contributed by atoms with Crippen LogP contribution in [0, 0.1) is 0 Å². The molecule has 0 fully saturated rings. The molecule has 5 aromatic heterocycles. The molecule has 478 valence electrons. The Labute approximate surface area is 588 Å². The van der Waals surface area contributed by atoms with Gasteiger partial charge in [0.1, 0.15) is 33.2 Å². The molecule has 0 atom stereocenters. The molecule has 11 heteroatoms. The fourth-order valence-corrected chi connectivity index (χ4v) is 15.3. The van der Waals surface area contributed by atoms with Gasteiger partial charge in [0.15, 0.2) is 11.6 Å². The number of para-hydroxylation sites is 5. The maximum Gasteiger partial charge on any atom is 0.161 e. The van der Waals surface area contributed by atoms with Gasteiger partial charge in [-0.05, 0) is 150 Å². The summed E-state index contributed by atoms with van der Waals surface area (Å²) in [6, 6.07) is 114. The van der Waals surface area contributed by atoms with Gasteiger partial charge in [0.05, 0.1) is 33.8 Å². The van der Waals surface area contributed by atoms with E-state index in [1.54, 1.807) is 9.59 Å². The van der Waals surface area contributed by atoms with Crippen molar-refractivity contribution in [1.29, 1.82) is 0 Å². The first-order valence-corrected chi connectivity index (χ1v) is 34.5. The van der Waals surface area contributed by atoms with Gasteiger partial charge in [-0.25, -0.2) is 19.9 Å². The molecular formula is C92H54N10O. The average Bonchev–Trinajstić information content (AvgIpc) is 1.69. The SMILES string of the molecule is c1ccc(-n2nc3ccc4ccc5ccc(-c6ccccc6-c6nc(-c7ccc(-c8ccc(-c9cc%10ccc%11ccc(-c%12cccc(-c%13nc(-c%14cccc%15oc%16ccccc%16c%14%15)c%14ccccc%14n%13)c%12)cc%11c%10c%10nn(-c%11ccccc%11)nc9%10)cc8)cc7)c7ccccc7n6)cc5c4c3n2)cc1. The highest BCUT2D eigenvalue weighted by atomic mass is 16.3. The van der Waals surface area contributed by atoms with E-state index >= 15 is 0 Å². The van der Waals surface area contributed by atoms with Gasteiger partial charge in [0.25, 0.3) is 0 Å². The largest absolute Gasteiger partial charge is 0.456 e. The summed E-state index contributed by atoms with van der Waals surface area (Å²) in [5, 5.41) is 33.4. The maximum absolute atomic E-state index is 6.36. The molecule has 11 nitrogen and oxygen atoms in total. The Kier molecular flexibility index (Phi) is 13.1. The zero-order valence-corrected chi connectivity index (χ0v) is 55.1. The van der Waals surface area contributed by atoms with Gasteiger partial charge in [0.2, 0.25) is 0 Å². The summed E-state index contributed by atoms with van der Waals surface area (Å²) in [6.07, 6.45) is 0. The second-order valence-corrected chi connectivity index (χ2v) is 26.3. The van der Waals surface area contributed by atoms with Gasteiger partial charge in [-0.15, -0.1) is 20.4 Å². The number of furan rings is 1. The molecule has 0 amide bonds. The first-order chi connectivity index (χ1) is 51.0. The van der Waals surface area contributed by atoms with Crippen LogP contribution in [0.4, 0.5) is 0 Å². The molecule has 0 radical (unpaired) electrons. The van der Waals surface area contributed by atoms with E-state index < -0.39 is 0 Å². The lowest BCUT2D eigenvalue weighted by Gasteiger charge is -2.14. The van der Waals surface area contributed by atoms with Gasteiger partial charge in [-0.1, -0.05) is 249 Å². The molecule has 0 unspecified atom stereocenters. The minimum absolute atomic E-state index is 0.645. The highest BCUT2D eigenvalue weighted by Crippen LogP contribution is 2.44. The van der Waals surface area contributed by atoms with E-state index in [1.165, 1.54) is 0 Å². The third kappa shape index (κ3) is 9.66. The van der Waals surface area contributed by atoms with Crippen molar-refractivity contribution in [3.05, 3.63) is 328 Å². The van der Waals surface area contributed by atoms with Crippen LogP contribution in [0.5, 0.6) is 0 Å². The van der Waals surface area contributed by atoms with E-state index in [-0.39, 0.29) is 0 Å². The fraction of sp³-hybridized carbons (Fsp3) is 0. The van der Waals surface area contributed by atoms with Crippen LogP contribution >= 0.6 is 0 Å². The average molecular weight is 1320 g/mol. The van der Waals surface area contributed by atoms with Crippen LogP contribution in [-0.2, 0) is 0 Å². The second kappa shape index (κ2) is 23.2. The minimum atomic E-state index is 0.645. The predicted octanol–water partition coefficient (Wildman–Crippen LogP) is 22.9. The highest BCUT2D eigenvalue weighted by molar-refractivity contribution is 6.23. The molecule has 0 spiro atoms. The molecule has 0 bridgehead atoms. The molecule has 0 saturated carbocycles. The molecule has 0 N–H and O–H groups in total. The van der Waals surface area contributed by atoms with Crippen LogP contribution in [0.2, 0.25) is 0 Å². The Morgan fingerprint density at radius 1 is 0.223 bits per heavy atom. The number of benzene rings is 16. The van der Waals surface area contributed by atoms with E-state index in [1.807, 2.05) is 103 Å². The normalized spacial score (nSPS) is 11.9. The molecule has 0 aliphatic carbocycles. The Bertz CT molecular complexity index is 7040. The number of fused-ring (bicyclic) bond motifs is 15. The van der Waals surface area contributed by atoms with E-state index in [9.17, 15) is 0 Å². The lowest BCUT2D eigenvalue weighted by Crippen LogP contribution is -1.97. The smallest absolute Gasteiger partial charge is 0.161 e. The van der Waals surface area contributed by atoms with Crippen LogP contribution in [0.15, 0.2) is 332 Å². The summed E-state index contributed by atoms with van der Waals surface area (Å²) in [5.41, 5.74) is 22.5. The molecule has 16 aromatic carbocycles. The molecule has 0 aliphatic rings. The summed E-state index contributed by atoms with van der Waals surface area (Å²) in [4.78, 5) is 24.8. The summed E-state index contributed by atoms with van der Waals surface area (Å²) in [6.45, 7) is 0. The van der Waals surface area contributed by atoms with Crippen molar-refractivity contribution in [2.45, 2.75) is 0 Å². The molecule has 0 aliphatic heterocycles. The topological polar surface area (TPSA) is 126 Å². The zero-order valence-electron chi connectivity index (χ0n) is 55.1. The van der Waals surface area contributed by atoms with E-state index in [2.05, 4.69) is 224 Å². The van der Waals surface area contributed by atoms with Crippen molar-refractivity contribution in [3.8, 4) is 101 Å². The van der Waals surface area contributed by atoms with Crippen molar-refractivity contribution >= 4 is 109 Å². The van der Waals surface area contributed by atoms with Crippen LogP contribution in [0.25, 0.3) is 210 Å². The predicted molar refractivity (Wildman–Crippen MR) is 418 cm³/mol. The minimum Gasteiger partial charge on any atom is -0.456 e. The fourth-order valence-electron chi connectivity index (χ4n) is 15.3. The van der Waals surface area contributed by atoms with Gasteiger partial charge in [-0.2, -0.15) is 9.59 Å². The number of hydrogen-bond donors (Lipinski definition) is 0. The lowest BCUT2D eigenvalue weighted by atomic mass is 9.92. The first-order valence-electron chi connectivity index (χ1n) is 34.5. The first kappa shape index (κ1) is 57.9. The molecule has 103 heavy (non-hydrogen) atoms. The van der Waals surface area contributed by atoms with Gasteiger partial charge in [0, 0.05) is 60.1 Å². The third-order valence-corrected chi connectivity index (χ3v) is 20.3. The van der Waals surface area contributed by atoms with Crippen molar-refractivity contribution in [2.24, 2.45) is 0 Å². The van der Waals surface area contributed by atoms with Crippen LogP contribution in [-0.4, -0.2) is 49.9 Å². The maximum atomic E-state index is 6.36. The second-order valence-electron chi connectivity index (χ2n) is 26.3. The molecule has 21 aromatic rings. The number of nitrogens with zero attached hydrogens (tertiary/aromatic N) is 10. The number of aromatic nitrogens is 10. The molecule has 21 rings (SSSR count). The lowest BCUT2D eigenvalue weighted by molar-refractivity contribution is 0.669. The van der Waals surface area contributed by atoms with Crippen molar-refractivity contribution in [1.82, 2.24) is 49.9 Å². The summed E-state index contributed by atoms with van der Waals surface area (Å²) in [7, 11) is 0. The summed E-state index contributed by atoms with van der Waals surface area (Å²) in [5.74, 6) is 1.30. The Hall–Kier alpha value is -14.2. The summed E-state index contributed by atoms with van der Waals surface area (Å²) >= 11 is 0. The molecule has 0 saturated heterocycles. The van der Waals surface area contributed by atoms with E-state index in [4.69, 9.17) is 44.7 Å². The molecule has 5 heterocycles. The van der Waals surface area contributed by atoms with Crippen LogP contribution in [0.1, 0.15) is 0 Å². The standard InChI is InChI=1S/C92H54N10O/c1-3-19-67(20-4-1)101-97-80-50-49-60-43-39-57-41-47-64(53-76(57)83(60)89(80)99-101)69-23-7-8-24-70(69)92-94-78-29-12-9-25-71(78)86(95-92)61-44-35-56(36-45-61)55-33-37-59(38-34-55)77-54-65-48-42-58-40-46-63(52-75(58)84(65)90-88(77)98-102(100-90)68-21-5-2-6-22-68)62-17-15-18-66(51-62)91-93-79-30-13-10-26-72(79)87(96-91)74-28-16-32-82-85(74)73-27-11-14-31-81(73)103-82/h1-54H. The Balaban J connectivity index is 0.617. The number of rotatable bonds is 10. The Morgan fingerprint density at radius 3 is 1.48 bits per heavy atom. The van der Waals surface area contributed by atoms with Gasteiger partial charge < -0.3 is 4.42 Å². The van der Waals surface area contributed by atoms with Crippen LogP contribution in [0.3, 0.4) is 0 Å². The van der Waals surface area contributed by atoms with Crippen molar-refractivity contribution in [3.63, 3.8) is 0 Å². The third-order valence-electron chi connectivity index (χ3n) is 20.3. The van der Waals surface area contributed by atoms with Crippen molar-refractivity contribution in [2.75, 3.05) is 0 Å². The van der Waals surface area contributed by atoms with Gasteiger partial charge in [-0.3, -0.25) is 0 Å². The summed E-state index contributed by atoms with van der Waals surface area (Å²) < 4.78 is 6.36. The van der Waals surface area contributed by atoms with Crippen LogP contribution < -0.4 is 0 Å². The van der Waals surface area contributed by atoms with E-state index in [0.29, 0.717) is 11.6 Å². The Morgan fingerprint density at radius 2 is 0.718 bits per heavy atom. The highest BCUT2D eigenvalue weighted by Gasteiger charge is 2.23. The monoisotopic (exact) mass is 1310 g/mol. The van der Waals surface area contributed by atoms with Gasteiger partial charge >= 0.3 is 0 Å². The zero-order chi connectivity index (χ0) is 67.6. The van der Waals surface area contributed by atoms with Crippen molar-refractivity contribution < 1.29 is 4.42 Å². The number of hydrogen-bond acceptors (Lipinski definition) is 9. The quantitative estimate of drug-likeness (QED) is 0.123. The van der Waals surface area contributed by atoms with E-state index in [0.717, 1.165) is 198 Å².